The molecule has 3 rings (SSSR count). The van der Waals surface area contributed by atoms with Gasteiger partial charge in [0.15, 0.2) is 11.5 Å². The van der Waals surface area contributed by atoms with Gasteiger partial charge in [0.2, 0.25) is 0 Å². The van der Waals surface area contributed by atoms with Gasteiger partial charge in [-0.25, -0.2) is 19.4 Å². The lowest BCUT2D eigenvalue weighted by Crippen LogP contribution is -2.08. The predicted molar refractivity (Wildman–Crippen MR) is 74.9 cm³/mol. The summed E-state index contributed by atoms with van der Waals surface area (Å²) in [5.74, 6) is 0.0486. The summed E-state index contributed by atoms with van der Waals surface area (Å²) in [4.78, 5) is 20.1. The summed E-state index contributed by atoms with van der Waals surface area (Å²) in [6, 6.07) is 1.89. The molecular weight excluding hydrogens is 278 g/mol. The average molecular weight is 289 g/mol. The number of hydrogen-bond donors (Lipinski definition) is 1. The van der Waals surface area contributed by atoms with Crippen molar-refractivity contribution in [2.45, 2.75) is 6.92 Å². The Bertz CT molecular complexity index is 779. The minimum atomic E-state index is -0.541. The Hall–Kier alpha value is -2.48. The molecule has 0 atom stereocenters. The van der Waals surface area contributed by atoms with Gasteiger partial charge >= 0.3 is 5.97 Å². The second-order valence-electron chi connectivity index (χ2n) is 3.93. The lowest BCUT2D eigenvalue weighted by molar-refractivity contribution is 0.0520. The molecule has 0 saturated carbocycles. The van der Waals surface area contributed by atoms with Gasteiger partial charge in [0, 0.05) is 0 Å². The van der Waals surface area contributed by atoms with Gasteiger partial charge in [0.1, 0.15) is 6.33 Å². The Morgan fingerprint density at radius 3 is 3.15 bits per heavy atom. The third kappa shape index (κ3) is 1.99. The van der Waals surface area contributed by atoms with Gasteiger partial charge in [-0.15, -0.1) is 11.3 Å². The van der Waals surface area contributed by atoms with E-state index in [1.807, 2.05) is 11.4 Å². The molecule has 102 valence electrons. The van der Waals surface area contributed by atoms with Crippen LogP contribution in [0.4, 0.5) is 5.69 Å². The molecule has 8 heteroatoms. The fourth-order valence-electron chi connectivity index (χ4n) is 1.79. The summed E-state index contributed by atoms with van der Waals surface area (Å²) in [6.07, 6.45) is 3.00. The van der Waals surface area contributed by atoms with Gasteiger partial charge in [0.05, 0.1) is 28.7 Å². The number of esters is 1. The first-order valence-electron chi connectivity index (χ1n) is 5.91. The van der Waals surface area contributed by atoms with Gasteiger partial charge in [-0.3, -0.25) is 0 Å². The van der Waals surface area contributed by atoms with Crippen molar-refractivity contribution in [1.29, 1.82) is 0 Å². The van der Waals surface area contributed by atoms with Crippen molar-refractivity contribution >= 4 is 33.2 Å². The number of carbonyl (C=O) groups is 1. The number of carbonyl (C=O) groups excluding carboxylic acids is 1. The number of rotatable bonds is 3. The number of nitrogens with zero attached hydrogens (tertiary/aromatic N) is 4. The number of nitrogen functional groups attached to an aromatic ring is 1. The zero-order chi connectivity index (χ0) is 14.1. The van der Waals surface area contributed by atoms with E-state index in [9.17, 15) is 4.79 Å². The molecule has 0 saturated heterocycles. The van der Waals surface area contributed by atoms with Crippen LogP contribution in [0.15, 0.2) is 24.0 Å². The number of thiophene rings is 1. The highest BCUT2D eigenvalue weighted by molar-refractivity contribution is 7.17. The largest absolute Gasteiger partial charge is 0.461 e. The molecule has 3 heterocycles. The van der Waals surface area contributed by atoms with Crippen LogP contribution in [0.3, 0.4) is 0 Å². The molecule has 0 unspecified atom stereocenters. The molecule has 3 aromatic heterocycles. The van der Waals surface area contributed by atoms with E-state index in [1.165, 1.54) is 22.3 Å². The SMILES string of the molecule is CCOC(=O)c1nn(-c2ncnc3ccsc23)cc1N. The van der Waals surface area contributed by atoms with Crippen LogP contribution >= 0.6 is 11.3 Å². The second kappa shape index (κ2) is 4.89. The van der Waals surface area contributed by atoms with E-state index in [0.29, 0.717) is 5.82 Å². The van der Waals surface area contributed by atoms with E-state index in [1.54, 1.807) is 13.1 Å². The number of anilines is 1. The molecule has 7 nitrogen and oxygen atoms in total. The molecule has 20 heavy (non-hydrogen) atoms. The maximum atomic E-state index is 11.7. The van der Waals surface area contributed by atoms with Crippen LogP contribution in [0.5, 0.6) is 0 Å². The standard InChI is InChI=1S/C12H11N5O2S/c1-2-19-12(18)9-7(13)5-17(16-9)11-10-8(3-4-20-10)14-6-15-11/h3-6H,2,13H2,1H3. The lowest BCUT2D eigenvalue weighted by atomic mass is 10.4. The van der Waals surface area contributed by atoms with Crippen molar-refractivity contribution in [2.24, 2.45) is 0 Å². The summed E-state index contributed by atoms with van der Waals surface area (Å²) in [5, 5.41) is 6.08. The van der Waals surface area contributed by atoms with Gasteiger partial charge < -0.3 is 10.5 Å². The quantitative estimate of drug-likeness (QED) is 0.736. The van der Waals surface area contributed by atoms with E-state index >= 15 is 0 Å². The van der Waals surface area contributed by atoms with E-state index in [4.69, 9.17) is 10.5 Å². The van der Waals surface area contributed by atoms with Crippen molar-refractivity contribution in [3.05, 3.63) is 29.7 Å². The van der Waals surface area contributed by atoms with Crippen LogP contribution < -0.4 is 5.73 Å². The normalized spacial score (nSPS) is 10.8. The van der Waals surface area contributed by atoms with Crippen LogP contribution in [0.1, 0.15) is 17.4 Å². The van der Waals surface area contributed by atoms with Crippen LogP contribution in [0, 0.1) is 0 Å². The molecule has 0 bridgehead atoms. The molecule has 0 fully saturated rings. The van der Waals surface area contributed by atoms with Crippen molar-refractivity contribution in [2.75, 3.05) is 12.3 Å². The van der Waals surface area contributed by atoms with Crippen molar-refractivity contribution in [1.82, 2.24) is 19.7 Å². The number of aromatic nitrogens is 4. The summed E-state index contributed by atoms with van der Waals surface area (Å²) < 4.78 is 7.26. The van der Waals surface area contributed by atoms with Crippen molar-refractivity contribution in [3.8, 4) is 5.82 Å². The molecule has 0 spiro atoms. The van der Waals surface area contributed by atoms with E-state index in [0.717, 1.165) is 10.2 Å². The molecule has 0 aliphatic rings. The van der Waals surface area contributed by atoms with Crippen molar-refractivity contribution < 1.29 is 9.53 Å². The van der Waals surface area contributed by atoms with E-state index < -0.39 is 5.97 Å². The van der Waals surface area contributed by atoms with Crippen LogP contribution in [-0.2, 0) is 4.74 Å². The van der Waals surface area contributed by atoms with Gasteiger partial charge in [0.25, 0.3) is 0 Å². The third-order valence-corrected chi connectivity index (χ3v) is 3.55. The molecule has 0 amide bonds. The van der Waals surface area contributed by atoms with Gasteiger partial charge in [-0.1, -0.05) is 0 Å². The molecule has 0 aromatic carbocycles. The maximum Gasteiger partial charge on any atom is 0.361 e. The number of ether oxygens (including phenoxy) is 1. The Balaban J connectivity index is 2.09. The number of fused-ring (bicyclic) bond motifs is 1. The monoisotopic (exact) mass is 289 g/mol. The smallest absolute Gasteiger partial charge is 0.361 e. The highest BCUT2D eigenvalue weighted by atomic mass is 32.1. The van der Waals surface area contributed by atoms with Crippen molar-refractivity contribution in [3.63, 3.8) is 0 Å². The molecule has 0 radical (unpaired) electrons. The second-order valence-corrected chi connectivity index (χ2v) is 4.85. The zero-order valence-corrected chi connectivity index (χ0v) is 11.4. The predicted octanol–water partition coefficient (Wildman–Crippen LogP) is 1.64. The summed E-state index contributed by atoms with van der Waals surface area (Å²) in [7, 11) is 0. The molecule has 0 aliphatic carbocycles. The highest BCUT2D eigenvalue weighted by Gasteiger charge is 2.18. The Morgan fingerprint density at radius 2 is 2.35 bits per heavy atom. The lowest BCUT2D eigenvalue weighted by Gasteiger charge is -2.00. The molecule has 2 N–H and O–H groups in total. The number of nitrogens with two attached hydrogens (primary N) is 1. The fraction of sp³-hybridized carbons (Fsp3) is 0.167. The minimum Gasteiger partial charge on any atom is -0.461 e. The Morgan fingerprint density at radius 1 is 1.50 bits per heavy atom. The summed E-state index contributed by atoms with van der Waals surface area (Å²) >= 11 is 1.50. The van der Waals surface area contributed by atoms with Crippen LogP contribution in [-0.4, -0.2) is 32.3 Å². The fourth-order valence-corrected chi connectivity index (χ4v) is 2.62. The van der Waals surface area contributed by atoms with Crippen LogP contribution in [0.2, 0.25) is 0 Å². The molecule has 0 aliphatic heterocycles. The topological polar surface area (TPSA) is 95.9 Å². The summed E-state index contributed by atoms with van der Waals surface area (Å²) in [5.41, 5.74) is 6.98. The minimum absolute atomic E-state index is 0.0927. The number of hydrogen-bond acceptors (Lipinski definition) is 7. The van der Waals surface area contributed by atoms with Gasteiger partial charge in [-0.05, 0) is 18.4 Å². The molecule has 3 aromatic rings. The van der Waals surface area contributed by atoms with Crippen LogP contribution in [0.25, 0.3) is 16.0 Å². The average Bonchev–Trinajstić information content (AvgIpc) is 3.04. The maximum absolute atomic E-state index is 11.7. The third-order valence-electron chi connectivity index (χ3n) is 2.65. The summed E-state index contributed by atoms with van der Waals surface area (Å²) in [6.45, 7) is 2.00. The first-order valence-corrected chi connectivity index (χ1v) is 6.79. The zero-order valence-electron chi connectivity index (χ0n) is 10.6. The first kappa shape index (κ1) is 12.5. The molecular formula is C12H11N5O2S. The first-order chi connectivity index (χ1) is 9.70. The Kier molecular flexibility index (Phi) is 3.07. The Labute approximate surface area is 118 Å². The van der Waals surface area contributed by atoms with E-state index in [-0.39, 0.29) is 18.0 Å². The van der Waals surface area contributed by atoms with Gasteiger partial charge in [-0.2, -0.15) is 5.10 Å². The highest BCUT2D eigenvalue weighted by Crippen LogP contribution is 2.24. The van der Waals surface area contributed by atoms with E-state index in [2.05, 4.69) is 15.1 Å².